The van der Waals surface area contributed by atoms with Crippen molar-refractivity contribution in [3.8, 4) is 0 Å². The standard InChI is InChI=1S/C11H12OS/c1-10(2)8-9-13(12)11-6-4-3-5-7-11/h3-9H,1H2,2H3/b9-8-/t13-/m1/s1. The van der Waals surface area contributed by atoms with Gasteiger partial charge in [-0.05, 0) is 19.1 Å². The molecule has 0 aliphatic rings. The van der Waals surface area contributed by atoms with Crippen molar-refractivity contribution in [2.45, 2.75) is 11.8 Å². The lowest BCUT2D eigenvalue weighted by Crippen LogP contribution is -1.84. The minimum atomic E-state index is -1.05. The average Bonchev–Trinajstić information content (AvgIpc) is 2.15. The fourth-order valence-corrected chi connectivity index (χ4v) is 1.75. The summed E-state index contributed by atoms with van der Waals surface area (Å²) < 4.78 is 11.5. The maximum atomic E-state index is 11.5. The lowest BCUT2D eigenvalue weighted by atomic mass is 10.4. The van der Waals surface area contributed by atoms with Gasteiger partial charge in [-0.1, -0.05) is 36.4 Å². The van der Waals surface area contributed by atoms with Crippen LogP contribution < -0.4 is 0 Å². The zero-order chi connectivity index (χ0) is 9.68. The predicted octanol–water partition coefficient (Wildman–Crippen LogP) is 2.88. The highest BCUT2D eigenvalue weighted by molar-refractivity contribution is 7.88. The average molecular weight is 192 g/mol. The number of hydrogen-bond donors (Lipinski definition) is 0. The second kappa shape index (κ2) is 4.77. The van der Waals surface area contributed by atoms with Crippen LogP contribution in [-0.2, 0) is 10.8 Å². The SMILES string of the molecule is C=C(C)/C=C\[S@@](=O)c1ccccc1. The second-order valence-corrected chi connectivity index (χ2v) is 4.10. The molecule has 0 heterocycles. The zero-order valence-electron chi connectivity index (χ0n) is 7.57. The Hall–Kier alpha value is -1.15. The highest BCUT2D eigenvalue weighted by Gasteiger charge is 1.95. The van der Waals surface area contributed by atoms with E-state index in [4.69, 9.17) is 0 Å². The van der Waals surface area contributed by atoms with Crippen molar-refractivity contribution in [2.75, 3.05) is 0 Å². The Kier molecular flexibility index (Phi) is 3.65. The Morgan fingerprint density at radius 3 is 2.54 bits per heavy atom. The molecule has 0 bridgehead atoms. The summed E-state index contributed by atoms with van der Waals surface area (Å²) >= 11 is 0. The monoisotopic (exact) mass is 192 g/mol. The molecule has 0 N–H and O–H groups in total. The van der Waals surface area contributed by atoms with E-state index in [9.17, 15) is 4.21 Å². The van der Waals surface area contributed by atoms with E-state index < -0.39 is 10.8 Å². The van der Waals surface area contributed by atoms with Crippen LogP contribution in [0.4, 0.5) is 0 Å². The van der Waals surface area contributed by atoms with Gasteiger partial charge in [0.15, 0.2) is 0 Å². The molecule has 1 aromatic carbocycles. The van der Waals surface area contributed by atoms with E-state index in [1.54, 1.807) is 11.5 Å². The van der Waals surface area contributed by atoms with E-state index in [0.717, 1.165) is 10.5 Å². The van der Waals surface area contributed by atoms with Crippen LogP contribution in [0, 0.1) is 0 Å². The minimum Gasteiger partial charge on any atom is -0.250 e. The van der Waals surface area contributed by atoms with Crippen LogP contribution in [0.1, 0.15) is 6.92 Å². The molecule has 1 rings (SSSR count). The Morgan fingerprint density at radius 2 is 2.00 bits per heavy atom. The first-order chi connectivity index (χ1) is 6.20. The summed E-state index contributed by atoms with van der Waals surface area (Å²) in [6.45, 7) is 5.57. The normalized spacial score (nSPS) is 13.0. The molecule has 0 radical (unpaired) electrons. The summed E-state index contributed by atoms with van der Waals surface area (Å²) in [4.78, 5) is 0.819. The number of rotatable bonds is 3. The van der Waals surface area contributed by atoms with E-state index in [2.05, 4.69) is 6.58 Å². The molecular formula is C11H12OS. The molecule has 0 spiro atoms. The van der Waals surface area contributed by atoms with E-state index in [-0.39, 0.29) is 0 Å². The third-order valence-electron chi connectivity index (χ3n) is 1.45. The smallest absolute Gasteiger partial charge is 0.0776 e. The Bertz CT molecular complexity index is 338. The molecule has 1 atom stereocenters. The molecule has 0 saturated carbocycles. The molecule has 2 heteroatoms. The molecule has 0 amide bonds. The molecule has 0 aliphatic carbocycles. The van der Waals surface area contributed by atoms with Crippen LogP contribution in [0.2, 0.25) is 0 Å². The summed E-state index contributed by atoms with van der Waals surface area (Å²) in [5, 5.41) is 1.65. The fourth-order valence-electron chi connectivity index (χ4n) is 0.811. The van der Waals surface area contributed by atoms with Gasteiger partial charge >= 0.3 is 0 Å². The van der Waals surface area contributed by atoms with Crippen LogP contribution in [0.5, 0.6) is 0 Å². The Morgan fingerprint density at radius 1 is 1.38 bits per heavy atom. The van der Waals surface area contributed by atoms with Gasteiger partial charge in [-0.2, -0.15) is 0 Å². The molecule has 68 valence electrons. The molecule has 0 aliphatic heterocycles. The van der Waals surface area contributed by atoms with Crippen molar-refractivity contribution in [3.63, 3.8) is 0 Å². The van der Waals surface area contributed by atoms with E-state index >= 15 is 0 Å². The van der Waals surface area contributed by atoms with Crippen LogP contribution >= 0.6 is 0 Å². The summed E-state index contributed by atoms with van der Waals surface area (Å²) in [5.74, 6) is 0. The zero-order valence-corrected chi connectivity index (χ0v) is 8.38. The summed E-state index contributed by atoms with van der Waals surface area (Å²) in [5.41, 5.74) is 0.907. The summed E-state index contributed by atoms with van der Waals surface area (Å²) in [6, 6.07) is 9.35. The second-order valence-electron chi connectivity index (χ2n) is 2.76. The third kappa shape index (κ3) is 3.38. The van der Waals surface area contributed by atoms with Gasteiger partial charge in [0, 0.05) is 10.3 Å². The summed E-state index contributed by atoms with van der Waals surface area (Å²) in [7, 11) is -1.05. The number of hydrogen-bond acceptors (Lipinski definition) is 1. The van der Waals surface area contributed by atoms with Crippen molar-refractivity contribution in [2.24, 2.45) is 0 Å². The van der Waals surface area contributed by atoms with Gasteiger partial charge in [-0.15, -0.1) is 0 Å². The van der Waals surface area contributed by atoms with Crippen molar-refractivity contribution >= 4 is 10.8 Å². The lowest BCUT2D eigenvalue weighted by Gasteiger charge is -1.94. The van der Waals surface area contributed by atoms with E-state index in [1.165, 1.54) is 0 Å². The van der Waals surface area contributed by atoms with Crippen molar-refractivity contribution in [1.82, 2.24) is 0 Å². The van der Waals surface area contributed by atoms with Crippen LogP contribution in [0.15, 0.2) is 58.9 Å². The first kappa shape index (κ1) is 9.93. The highest BCUT2D eigenvalue weighted by atomic mass is 32.2. The quantitative estimate of drug-likeness (QED) is 0.673. The lowest BCUT2D eigenvalue weighted by molar-refractivity contribution is 0.688. The van der Waals surface area contributed by atoms with Gasteiger partial charge in [0.05, 0.1) is 10.8 Å². The first-order valence-electron chi connectivity index (χ1n) is 3.99. The number of allylic oxidation sites excluding steroid dienone is 2. The predicted molar refractivity (Wildman–Crippen MR) is 56.8 cm³/mol. The molecule has 13 heavy (non-hydrogen) atoms. The Balaban J connectivity index is 2.76. The van der Waals surface area contributed by atoms with Crippen molar-refractivity contribution in [1.29, 1.82) is 0 Å². The van der Waals surface area contributed by atoms with Gasteiger partial charge in [0.1, 0.15) is 0 Å². The number of benzene rings is 1. The van der Waals surface area contributed by atoms with E-state index in [0.29, 0.717) is 0 Å². The highest BCUT2D eigenvalue weighted by Crippen LogP contribution is 2.07. The van der Waals surface area contributed by atoms with Crippen LogP contribution in [0.25, 0.3) is 0 Å². The van der Waals surface area contributed by atoms with Crippen molar-refractivity contribution in [3.05, 3.63) is 54.0 Å². The third-order valence-corrected chi connectivity index (χ3v) is 2.57. The molecule has 0 unspecified atom stereocenters. The molecule has 0 fully saturated rings. The van der Waals surface area contributed by atoms with Gasteiger partial charge in [0.25, 0.3) is 0 Å². The van der Waals surface area contributed by atoms with Crippen molar-refractivity contribution < 1.29 is 4.21 Å². The topological polar surface area (TPSA) is 17.1 Å². The Labute approximate surface area is 81.3 Å². The molecule has 0 saturated heterocycles. The van der Waals surface area contributed by atoms with E-state index in [1.807, 2.05) is 37.3 Å². The van der Waals surface area contributed by atoms with Gasteiger partial charge < -0.3 is 0 Å². The molecule has 1 nitrogen and oxygen atoms in total. The molecule has 0 aromatic heterocycles. The maximum Gasteiger partial charge on any atom is 0.0776 e. The summed E-state index contributed by atoms with van der Waals surface area (Å²) in [6.07, 6.45) is 1.77. The van der Waals surface area contributed by atoms with Crippen LogP contribution in [-0.4, -0.2) is 4.21 Å². The maximum absolute atomic E-state index is 11.5. The van der Waals surface area contributed by atoms with Crippen LogP contribution in [0.3, 0.4) is 0 Å². The largest absolute Gasteiger partial charge is 0.250 e. The molecule has 1 aromatic rings. The van der Waals surface area contributed by atoms with Gasteiger partial charge in [-0.25, -0.2) is 4.21 Å². The van der Waals surface area contributed by atoms with Gasteiger partial charge in [0.2, 0.25) is 0 Å². The van der Waals surface area contributed by atoms with Gasteiger partial charge in [-0.3, -0.25) is 0 Å². The first-order valence-corrected chi connectivity index (χ1v) is 5.21. The molecular weight excluding hydrogens is 180 g/mol. The minimum absolute atomic E-state index is 0.819. The fraction of sp³-hybridized carbons (Fsp3) is 0.0909.